The Morgan fingerprint density at radius 3 is 2.70 bits per heavy atom. The van der Waals surface area contributed by atoms with Crippen molar-refractivity contribution in [1.82, 2.24) is 0 Å². The van der Waals surface area contributed by atoms with Gasteiger partial charge in [0.2, 0.25) is 0 Å². The third-order valence-electron chi connectivity index (χ3n) is 4.20. The summed E-state index contributed by atoms with van der Waals surface area (Å²) in [5, 5.41) is 2.90. The molecule has 1 aliphatic rings. The van der Waals surface area contributed by atoms with Gasteiger partial charge in [-0.05, 0) is 49.6 Å². The molecule has 1 N–H and O–H groups in total. The quantitative estimate of drug-likeness (QED) is 0.865. The van der Waals surface area contributed by atoms with Gasteiger partial charge in [0.15, 0.2) is 5.60 Å². The zero-order valence-electron chi connectivity index (χ0n) is 13.5. The molecule has 0 aliphatic carbocycles. The van der Waals surface area contributed by atoms with Crippen LogP contribution in [0.2, 0.25) is 0 Å². The number of benzene rings is 2. The molecule has 3 rings (SSSR count). The first-order chi connectivity index (χ1) is 10.9. The summed E-state index contributed by atoms with van der Waals surface area (Å²) in [5.41, 5.74) is 2.93. The number of ether oxygens (including phenoxy) is 1. The molecule has 4 nitrogen and oxygen atoms in total. The molecule has 0 fully saturated rings. The molecule has 1 atom stereocenters. The van der Waals surface area contributed by atoms with Crippen molar-refractivity contribution in [2.24, 2.45) is 0 Å². The highest BCUT2D eigenvalue weighted by Crippen LogP contribution is 2.29. The van der Waals surface area contributed by atoms with Crippen LogP contribution in [-0.2, 0) is 16.0 Å². The lowest BCUT2D eigenvalue weighted by Gasteiger charge is -2.33. The highest BCUT2D eigenvalue weighted by molar-refractivity contribution is 6.02. The lowest BCUT2D eigenvalue weighted by Crippen LogP contribution is -2.49. The Hall–Kier alpha value is -2.62. The van der Waals surface area contributed by atoms with Gasteiger partial charge in [0.05, 0.1) is 5.56 Å². The maximum atomic E-state index is 12.7. The number of cyclic esters (lactones) is 1. The number of nitrogens with one attached hydrogen (secondary N) is 1. The zero-order valence-corrected chi connectivity index (χ0v) is 13.5. The number of fused-ring (bicyclic) bond motifs is 1. The van der Waals surface area contributed by atoms with E-state index in [0.29, 0.717) is 12.0 Å². The maximum absolute atomic E-state index is 12.7. The fraction of sp³-hybridized carbons (Fsp3) is 0.263. The topological polar surface area (TPSA) is 55.4 Å². The second-order valence-corrected chi connectivity index (χ2v) is 6.23. The van der Waals surface area contributed by atoms with E-state index < -0.39 is 11.6 Å². The predicted octanol–water partition coefficient (Wildman–Crippen LogP) is 3.41. The lowest BCUT2D eigenvalue weighted by molar-refractivity contribution is -0.134. The van der Waals surface area contributed by atoms with Crippen molar-refractivity contribution in [3.63, 3.8) is 0 Å². The first-order valence-corrected chi connectivity index (χ1v) is 7.59. The van der Waals surface area contributed by atoms with Gasteiger partial charge in [0.25, 0.3) is 5.91 Å². The molecule has 0 aromatic heterocycles. The van der Waals surface area contributed by atoms with Crippen LogP contribution in [0.3, 0.4) is 0 Å². The molecule has 23 heavy (non-hydrogen) atoms. The van der Waals surface area contributed by atoms with Crippen LogP contribution in [0.1, 0.15) is 34.0 Å². The van der Waals surface area contributed by atoms with Gasteiger partial charge >= 0.3 is 5.97 Å². The van der Waals surface area contributed by atoms with Crippen molar-refractivity contribution in [3.8, 4) is 0 Å². The second kappa shape index (κ2) is 5.54. The van der Waals surface area contributed by atoms with Crippen molar-refractivity contribution in [2.75, 3.05) is 5.32 Å². The average molecular weight is 309 g/mol. The fourth-order valence-electron chi connectivity index (χ4n) is 2.78. The molecule has 0 bridgehead atoms. The largest absolute Gasteiger partial charge is 0.445 e. The Morgan fingerprint density at radius 1 is 1.17 bits per heavy atom. The summed E-state index contributed by atoms with van der Waals surface area (Å²) in [7, 11) is 0. The van der Waals surface area contributed by atoms with Gasteiger partial charge in [-0.3, -0.25) is 4.79 Å². The summed E-state index contributed by atoms with van der Waals surface area (Å²) < 4.78 is 5.45. The van der Waals surface area contributed by atoms with Gasteiger partial charge < -0.3 is 10.1 Å². The average Bonchev–Trinajstić information content (AvgIpc) is 2.51. The summed E-state index contributed by atoms with van der Waals surface area (Å²) in [4.78, 5) is 24.9. The number of hydrogen-bond donors (Lipinski definition) is 1. The van der Waals surface area contributed by atoms with Crippen LogP contribution < -0.4 is 5.32 Å². The summed E-state index contributed by atoms with van der Waals surface area (Å²) in [6.45, 7) is 5.55. The van der Waals surface area contributed by atoms with Crippen LogP contribution in [0, 0.1) is 13.8 Å². The molecule has 0 unspecified atom stereocenters. The molecule has 0 spiro atoms. The molecule has 0 radical (unpaired) electrons. The molecule has 1 heterocycles. The second-order valence-electron chi connectivity index (χ2n) is 6.23. The monoisotopic (exact) mass is 309 g/mol. The maximum Gasteiger partial charge on any atom is 0.339 e. The summed E-state index contributed by atoms with van der Waals surface area (Å²) in [6.07, 6.45) is 0.367. The molecular formula is C19H19NO3. The summed E-state index contributed by atoms with van der Waals surface area (Å²) in [5.74, 6) is -0.764. The van der Waals surface area contributed by atoms with Crippen LogP contribution in [-0.4, -0.2) is 17.5 Å². The Labute approximate surface area is 135 Å². The number of anilines is 1. The number of carbonyl (C=O) groups is 2. The van der Waals surface area contributed by atoms with Crippen molar-refractivity contribution < 1.29 is 14.3 Å². The smallest absolute Gasteiger partial charge is 0.339 e. The normalized spacial score (nSPS) is 19.7. The highest BCUT2D eigenvalue weighted by atomic mass is 16.6. The van der Waals surface area contributed by atoms with E-state index in [-0.39, 0.29) is 5.91 Å². The van der Waals surface area contributed by atoms with E-state index in [2.05, 4.69) is 5.32 Å². The summed E-state index contributed by atoms with van der Waals surface area (Å²) in [6, 6.07) is 13.1. The van der Waals surface area contributed by atoms with Gasteiger partial charge in [0, 0.05) is 12.1 Å². The van der Waals surface area contributed by atoms with Crippen LogP contribution in [0.4, 0.5) is 5.69 Å². The fourth-order valence-corrected chi connectivity index (χ4v) is 2.78. The molecule has 1 aliphatic heterocycles. The van der Waals surface area contributed by atoms with E-state index in [9.17, 15) is 9.59 Å². The molecular weight excluding hydrogens is 290 g/mol. The first-order valence-electron chi connectivity index (χ1n) is 7.59. The Morgan fingerprint density at radius 2 is 1.91 bits per heavy atom. The molecule has 0 saturated carbocycles. The van der Waals surface area contributed by atoms with E-state index >= 15 is 0 Å². The SMILES string of the molecule is Cc1ccc(C)c(NC(=O)[C@@]2(C)Cc3ccccc3C(=O)O2)c1. The Kier molecular flexibility index (Phi) is 3.68. The van der Waals surface area contributed by atoms with Crippen molar-refractivity contribution in [1.29, 1.82) is 0 Å². The molecule has 4 heteroatoms. The predicted molar refractivity (Wildman–Crippen MR) is 88.5 cm³/mol. The molecule has 0 saturated heterocycles. The minimum Gasteiger partial charge on any atom is -0.445 e. The molecule has 118 valence electrons. The highest BCUT2D eigenvalue weighted by Gasteiger charge is 2.42. The molecule has 2 aromatic rings. The minimum absolute atomic E-state index is 0.311. The van der Waals surface area contributed by atoms with Gasteiger partial charge in [-0.1, -0.05) is 30.3 Å². The van der Waals surface area contributed by atoms with Crippen LogP contribution >= 0.6 is 0 Å². The number of carbonyl (C=O) groups excluding carboxylic acids is 2. The summed E-state index contributed by atoms with van der Waals surface area (Å²) >= 11 is 0. The number of esters is 1. The standard InChI is InChI=1S/C19H19NO3/c1-12-8-9-13(2)16(10-12)20-18(22)19(3)11-14-6-4-5-7-15(14)17(21)23-19/h4-10H,11H2,1-3H3,(H,20,22)/t19-/m1/s1. The van der Waals surface area contributed by atoms with Gasteiger partial charge in [-0.15, -0.1) is 0 Å². The van der Waals surface area contributed by atoms with E-state index in [4.69, 9.17) is 4.74 Å². The number of amides is 1. The third-order valence-corrected chi connectivity index (χ3v) is 4.20. The van der Waals surface area contributed by atoms with Crippen molar-refractivity contribution in [2.45, 2.75) is 32.8 Å². The third kappa shape index (κ3) is 2.84. The lowest BCUT2D eigenvalue weighted by atomic mass is 9.89. The van der Waals surface area contributed by atoms with Gasteiger partial charge in [-0.25, -0.2) is 4.79 Å². The van der Waals surface area contributed by atoms with Gasteiger partial charge in [0.1, 0.15) is 0 Å². The number of aryl methyl sites for hydroxylation is 2. The van der Waals surface area contributed by atoms with Crippen molar-refractivity contribution >= 4 is 17.6 Å². The van der Waals surface area contributed by atoms with E-state index in [1.54, 1.807) is 19.1 Å². The Balaban J connectivity index is 1.88. The molecule has 2 aromatic carbocycles. The van der Waals surface area contributed by atoms with E-state index in [1.807, 2.05) is 44.2 Å². The van der Waals surface area contributed by atoms with E-state index in [0.717, 1.165) is 22.4 Å². The van der Waals surface area contributed by atoms with E-state index in [1.165, 1.54) is 0 Å². The van der Waals surface area contributed by atoms with Crippen LogP contribution in [0.5, 0.6) is 0 Å². The molecule has 1 amide bonds. The van der Waals surface area contributed by atoms with Crippen LogP contribution in [0.15, 0.2) is 42.5 Å². The van der Waals surface area contributed by atoms with Gasteiger partial charge in [-0.2, -0.15) is 0 Å². The van der Waals surface area contributed by atoms with Crippen LogP contribution in [0.25, 0.3) is 0 Å². The van der Waals surface area contributed by atoms with Crippen molar-refractivity contribution in [3.05, 3.63) is 64.7 Å². The number of rotatable bonds is 2. The Bertz CT molecular complexity index is 797. The zero-order chi connectivity index (χ0) is 16.6. The first kappa shape index (κ1) is 15.3. The number of hydrogen-bond acceptors (Lipinski definition) is 3. The minimum atomic E-state index is -1.21.